The summed E-state index contributed by atoms with van der Waals surface area (Å²) in [6.07, 6.45) is 3.54. The minimum absolute atomic E-state index is 0.536. The molecular formula is C12H20N2O. The highest BCUT2D eigenvalue weighted by atomic mass is 16.5. The Hall–Kier alpha value is -0.930. The number of hydrogen-bond donors (Lipinski definition) is 1. The first-order chi connectivity index (χ1) is 7.36. The van der Waals surface area contributed by atoms with Crippen molar-refractivity contribution in [2.45, 2.75) is 32.7 Å². The van der Waals surface area contributed by atoms with Crippen LogP contribution in [0.15, 0.2) is 18.2 Å². The summed E-state index contributed by atoms with van der Waals surface area (Å²) >= 11 is 0. The monoisotopic (exact) mass is 208 g/mol. The molecule has 1 aliphatic rings. The minimum atomic E-state index is 0.536. The molecule has 0 saturated carbocycles. The van der Waals surface area contributed by atoms with Gasteiger partial charge < -0.3 is 10.5 Å². The molecule has 3 nitrogen and oxygen atoms in total. The third kappa shape index (κ3) is 4.91. The average molecular weight is 208 g/mol. The summed E-state index contributed by atoms with van der Waals surface area (Å²) in [5.74, 6) is 0. The number of ether oxygens (including phenoxy) is 1. The van der Waals surface area contributed by atoms with Gasteiger partial charge in [-0.2, -0.15) is 0 Å². The van der Waals surface area contributed by atoms with E-state index in [1.54, 1.807) is 0 Å². The van der Waals surface area contributed by atoms with Gasteiger partial charge in [0.1, 0.15) is 0 Å². The second-order valence-corrected chi connectivity index (χ2v) is 3.50. The molecule has 0 spiro atoms. The van der Waals surface area contributed by atoms with Crippen molar-refractivity contribution in [1.82, 2.24) is 4.98 Å². The first kappa shape index (κ1) is 12.1. The molecule has 3 heteroatoms. The Morgan fingerprint density at radius 3 is 2.40 bits per heavy atom. The number of pyridine rings is 1. The fourth-order valence-electron chi connectivity index (χ4n) is 1.35. The number of nitrogens with two attached hydrogens (primary N) is 1. The Bertz CT molecular complexity index is 245. The van der Waals surface area contributed by atoms with Gasteiger partial charge in [-0.1, -0.05) is 13.0 Å². The number of rotatable bonds is 2. The first-order valence-electron chi connectivity index (χ1n) is 5.59. The van der Waals surface area contributed by atoms with Gasteiger partial charge in [-0.3, -0.25) is 4.98 Å². The van der Waals surface area contributed by atoms with Crippen molar-refractivity contribution in [1.29, 1.82) is 0 Å². The molecule has 1 aromatic rings. The van der Waals surface area contributed by atoms with Crippen LogP contribution in [0.3, 0.4) is 0 Å². The molecule has 0 amide bonds. The van der Waals surface area contributed by atoms with E-state index in [0.29, 0.717) is 6.54 Å². The van der Waals surface area contributed by atoms with Crippen LogP contribution in [0.2, 0.25) is 0 Å². The van der Waals surface area contributed by atoms with Crippen LogP contribution < -0.4 is 5.73 Å². The molecule has 84 valence electrons. The summed E-state index contributed by atoms with van der Waals surface area (Å²) in [6, 6.07) is 5.95. The standard InChI is InChI=1S/C8H12N2.C4H8O/c1-2-7-4-3-5-8(6-9)10-7;1-2-4-5-3-1/h3-5H,2,6,9H2,1H3;1-4H2. The van der Waals surface area contributed by atoms with Gasteiger partial charge in [0.2, 0.25) is 0 Å². The molecule has 0 aromatic carbocycles. The van der Waals surface area contributed by atoms with E-state index in [4.69, 9.17) is 10.5 Å². The van der Waals surface area contributed by atoms with Gasteiger partial charge in [-0.25, -0.2) is 0 Å². The lowest BCUT2D eigenvalue weighted by molar-refractivity contribution is 0.198. The van der Waals surface area contributed by atoms with Gasteiger partial charge in [0, 0.05) is 25.5 Å². The van der Waals surface area contributed by atoms with Crippen molar-refractivity contribution in [2.75, 3.05) is 13.2 Å². The minimum Gasteiger partial charge on any atom is -0.381 e. The highest BCUT2D eigenvalue weighted by molar-refractivity contribution is 5.10. The van der Waals surface area contributed by atoms with E-state index in [0.717, 1.165) is 31.0 Å². The van der Waals surface area contributed by atoms with E-state index in [9.17, 15) is 0 Å². The fourth-order valence-corrected chi connectivity index (χ4v) is 1.35. The summed E-state index contributed by atoms with van der Waals surface area (Å²) in [6.45, 7) is 4.62. The number of hydrogen-bond acceptors (Lipinski definition) is 3. The van der Waals surface area contributed by atoms with Crippen molar-refractivity contribution in [3.05, 3.63) is 29.6 Å². The van der Waals surface area contributed by atoms with E-state index in [-0.39, 0.29) is 0 Å². The molecule has 1 saturated heterocycles. The Morgan fingerprint density at radius 1 is 1.27 bits per heavy atom. The third-order valence-corrected chi connectivity index (χ3v) is 2.26. The molecule has 2 rings (SSSR count). The SMILES string of the molecule is C1CCOC1.CCc1cccc(CN)n1. The summed E-state index contributed by atoms with van der Waals surface area (Å²) in [7, 11) is 0. The van der Waals surface area contributed by atoms with Crippen LogP contribution in [0.25, 0.3) is 0 Å². The molecular weight excluding hydrogens is 188 g/mol. The lowest BCUT2D eigenvalue weighted by atomic mass is 10.2. The van der Waals surface area contributed by atoms with E-state index in [2.05, 4.69) is 11.9 Å². The molecule has 1 aromatic heterocycles. The van der Waals surface area contributed by atoms with Crippen molar-refractivity contribution in [3.8, 4) is 0 Å². The third-order valence-electron chi connectivity index (χ3n) is 2.26. The van der Waals surface area contributed by atoms with E-state index < -0.39 is 0 Å². The topological polar surface area (TPSA) is 48.1 Å². The van der Waals surface area contributed by atoms with Crippen molar-refractivity contribution >= 4 is 0 Å². The predicted octanol–water partition coefficient (Wildman–Crippen LogP) is 1.90. The molecule has 2 heterocycles. The summed E-state index contributed by atoms with van der Waals surface area (Å²) in [4.78, 5) is 4.28. The predicted molar refractivity (Wildman–Crippen MR) is 61.6 cm³/mol. The van der Waals surface area contributed by atoms with Gasteiger partial charge in [-0.05, 0) is 31.4 Å². The van der Waals surface area contributed by atoms with Crippen LogP contribution in [0, 0.1) is 0 Å². The van der Waals surface area contributed by atoms with E-state index >= 15 is 0 Å². The van der Waals surface area contributed by atoms with Crippen molar-refractivity contribution in [3.63, 3.8) is 0 Å². The molecule has 15 heavy (non-hydrogen) atoms. The number of aryl methyl sites for hydroxylation is 1. The Kier molecular flexibility index (Phi) is 5.97. The summed E-state index contributed by atoms with van der Waals surface area (Å²) < 4.78 is 4.94. The highest BCUT2D eigenvalue weighted by Gasteiger charge is 1.94. The van der Waals surface area contributed by atoms with Crippen LogP contribution in [-0.2, 0) is 17.7 Å². The van der Waals surface area contributed by atoms with E-state index in [1.165, 1.54) is 12.8 Å². The van der Waals surface area contributed by atoms with Gasteiger partial charge in [-0.15, -0.1) is 0 Å². The Labute approximate surface area is 91.7 Å². The zero-order valence-corrected chi connectivity index (χ0v) is 9.41. The normalized spacial score (nSPS) is 14.5. The molecule has 0 radical (unpaired) electrons. The summed E-state index contributed by atoms with van der Waals surface area (Å²) in [5, 5.41) is 0. The largest absolute Gasteiger partial charge is 0.381 e. The van der Waals surface area contributed by atoms with Crippen molar-refractivity contribution in [2.24, 2.45) is 5.73 Å². The highest BCUT2D eigenvalue weighted by Crippen LogP contribution is 1.98. The lowest BCUT2D eigenvalue weighted by Gasteiger charge is -1.97. The summed E-state index contributed by atoms with van der Waals surface area (Å²) in [5.41, 5.74) is 7.50. The smallest absolute Gasteiger partial charge is 0.0542 e. The van der Waals surface area contributed by atoms with E-state index in [1.807, 2.05) is 18.2 Å². The average Bonchev–Trinajstić information content (AvgIpc) is 2.88. The molecule has 0 unspecified atom stereocenters. The number of nitrogens with zero attached hydrogens (tertiary/aromatic N) is 1. The molecule has 0 atom stereocenters. The molecule has 1 fully saturated rings. The first-order valence-corrected chi connectivity index (χ1v) is 5.59. The fraction of sp³-hybridized carbons (Fsp3) is 0.583. The number of aromatic nitrogens is 1. The maximum Gasteiger partial charge on any atom is 0.0542 e. The Morgan fingerprint density at radius 2 is 1.93 bits per heavy atom. The maximum absolute atomic E-state index is 5.41. The van der Waals surface area contributed by atoms with Gasteiger partial charge >= 0.3 is 0 Å². The van der Waals surface area contributed by atoms with Gasteiger partial charge in [0.05, 0.1) is 5.69 Å². The molecule has 2 N–H and O–H groups in total. The van der Waals surface area contributed by atoms with Crippen LogP contribution >= 0.6 is 0 Å². The van der Waals surface area contributed by atoms with Crippen LogP contribution in [0.4, 0.5) is 0 Å². The zero-order chi connectivity index (χ0) is 10.9. The van der Waals surface area contributed by atoms with Crippen LogP contribution in [0.5, 0.6) is 0 Å². The van der Waals surface area contributed by atoms with Crippen LogP contribution in [-0.4, -0.2) is 18.2 Å². The maximum atomic E-state index is 5.41. The zero-order valence-electron chi connectivity index (χ0n) is 9.41. The quantitative estimate of drug-likeness (QED) is 0.807. The Balaban J connectivity index is 0.000000187. The van der Waals surface area contributed by atoms with Gasteiger partial charge in [0.25, 0.3) is 0 Å². The molecule has 0 bridgehead atoms. The molecule has 1 aliphatic heterocycles. The van der Waals surface area contributed by atoms with Gasteiger partial charge in [0.15, 0.2) is 0 Å². The lowest BCUT2D eigenvalue weighted by Crippen LogP contribution is -2.00. The van der Waals surface area contributed by atoms with Crippen LogP contribution in [0.1, 0.15) is 31.2 Å². The molecule has 0 aliphatic carbocycles. The second kappa shape index (κ2) is 7.37. The van der Waals surface area contributed by atoms with Crippen molar-refractivity contribution < 1.29 is 4.74 Å². The second-order valence-electron chi connectivity index (χ2n) is 3.50.